The topological polar surface area (TPSA) is 57.0 Å². The highest BCUT2D eigenvalue weighted by atomic mass is 32.1. The van der Waals surface area contributed by atoms with Crippen LogP contribution in [0.3, 0.4) is 0 Å². The molecule has 0 amide bonds. The number of aromatic nitrogens is 3. The summed E-state index contributed by atoms with van der Waals surface area (Å²) in [5.74, 6) is 0.545. The Morgan fingerprint density at radius 3 is 3.00 bits per heavy atom. The molecule has 0 N–H and O–H groups in total. The van der Waals surface area contributed by atoms with Gasteiger partial charge in [0.25, 0.3) is 0 Å². The fraction of sp³-hybridized carbons (Fsp3) is 0.364. The molecule has 2 heterocycles. The van der Waals surface area contributed by atoms with E-state index in [9.17, 15) is 4.79 Å². The molecule has 0 aliphatic carbocycles. The molecule has 0 atom stereocenters. The first kappa shape index (κ1) is 11.8. The summed E-state index contributed by atoms with van der Waals surface area (Å²) in [7, 11) is 0. The molecule has 90 valence electrons. The van der Waals surface area contributed by atoms with E-state index in [-0.39, 0.29) is 5.82 Å². The van der Waals surface area contributed by atoms with E-state index >= 15 is 0 Å². The van der Waals surface area contributed by atoms with Crippen molar-refractivity contribution in [2.75, 3.05) is 6.61 Å². The zero-order valence-electron chi connectivity index (χ0n) is 9.71. The van der Waals surface area contributed by atoms with Crippen LogP contribution in [0.2, 0.25) is 0 Å². The molecule has 0 bridgehead atoms. The molecule has 6 heteroatoms. The minimum Gasteiger partial charge on any atom is -0.460 e. The van der Waals surface area contributed by atoms with Gasteiger partial charge in [0.05, 0.1) is 13.2 Å². The first-order chi connectivity index (χ1) is 8.22. The van der Waals surface area contributed by atoms with E-state index in [0.717, 1.165) is 4.88 Å². The van der Waals surface area contributed by atoms with E-state index in [4.69, 9.17) is 4.74 Å². The molecular weight excluding hydrogens is 238 g/mol. The first-order valence-corrected chi connectivity index (χ1v) is 6.19. The highest BCUT2D eigenvalue weighted by Crippen LogP contribution is 2.13. The predicted octanol–water partition coefficient (Wildman–Crippen LogP) is 1.87. The number of aryl methyl sites for hydroxylation is 1. The minimum atomic E-state index is -0.426. The van der Waals surface area contributed by atoms with E-state index in [0.29, 0.717) is 19.0 Å². The second-order valence-corrected chi connectivity index (χ2v) is 4.49. The van der Waals surface area contributed by atoms with Crippen molar-refractivity contribution in [3.8, 4) is 0 Å². The van der Waals surface area contributed by atoms with E-state index < -0.39 is 5.97 Å². The third-order valence-electron chi connectivity index (χ3n) is 2.29. The number of nitrogens with zero attached hydrogens (tertiary/aromatic N) is 3. The zero-order chi connectivity index (χ0) is 12.3. The first-order valence-electron chi connectivity index (χ1n) is 5.31. The highest BCUT2D eigenvalue weighted by Gasteiger charge is 2.18. The third kappa shape index (κ3) is 2.52. The van der Waals surface area contributed by atoms with Crippen LogP contribution in [0.25, 0.3) is 0 Å². The average molecular weight is 251 g/mol. The lowest BCUT2D eigenvalue weighted by Crippen LogP contribution is -2.14. The predicted molar refractivity (Wildman–Crippen MR) is 64.1 cm³/mol. The van der Waals surface area contributed by atoms with Crippen LogP contribution in [-0.4, -0.2) is 27.3 Å². The number of thiophene rings is 1. The molecule has 2 rings (SSSR count). The fourth-order valence-electron chi connectivity index (χ4n) is 1.48. The minimum absolute atomic E-state index is 0.262. The van der Waals surface area contributed by atoms with E-state index in [1.807, 2.05) is 24.4 Å². The van der Waals surface area contributed by atoms with Gasteiger partial charge in [0, 0.05) is 4.88 Å². The molecule has 0 spiro atoms. The van der Waals surface area contributed by atoms with Crippen LogP contribution in [-0.2, 0) is 11.3 Å². The van der Waals surface area contributed by atoms with Crippen molar-refractivity contribution >= 4 is 17.3 Å². The largest absolute Gasteiger partial charge is 0.460 e. The second kappa shape index (κ2) is 5.09. The van der Waals surface area contributed by atoms with Gasteiger partial charge < -0.3 is 9.30 Å². The summed E-state index contributed by atoms with van der Waals surface area (Å²) in [6.45, 7) is 4.53. The smallest absolute Gasteiger partial charge is 0.376 e. The number of rotatable bonds is 4. The average Bonchev–Trinajstić information content (AvgIpc) is 2.91. The Hall–Kier alpha value is -1.69. The van der Waals surface area contributed by atoms with Crippen molar-refractivity contribution in [1.82, 2.24) is 14.8 Å². The Morgan fingerprint density at radius 1 is 1.53 bits per heavy atom. The van der Waals surface area contributed by atoms with Crippen LogP contribution >= 0.6 is 11.3 Å². The highest BCUT2D eigenvalue weighted by molar-refractivity contribution is 7.09. The Labute approximate surface area is 103 Å². The number of carbonyl (C=O) groups is 1. The van der Waals surface area contributed by atoms with Crippen molar-refractivity contribution in [2.45, 2.75) is 20.4 Å². The lowest BCUT2D eigenvalue weighted by Gasteiger charge is -2.06. The SMILES string of the molecule is CCOC(=O)c1nnc(C)n1Cc1cccs1. The van der Waals surface area contributed by atoms with Gasteiger partial charge in [-0.25, -0.2) is 4.79 Å². The van der Waals surface area contributed by atoms with Gasteiger partial charge in [-0.2, -0.15) is 0 Å². The molecule has 0 unspecified atom stereocenters. The van der Waals surface area contributed by atoms with E-state index in [1.54, 1.807) is 22.8 Å². The van der Waals surface area contributed by atoms with Gasteiger partial charge in [-0.3, -0.25) is 0 Å². The van der Waals surface area contributed by atoms with Crippen LogP contribution in [0.5, 0.6) is 0 Å². The van der Waals surface area contributed by atoms with Gasteiger partial charge in [-0.05, 0) is 25.3 Å². The summed E-state index contributed by atoms with van der Waals surface area (Å²) in [4.78, 5) is 12.8. The summed E-state index contributed by atoms with van der Waals surface area (Å²) in [5, 5.41) is 9.77. The van der Waals surface area contributed by atoms with Crippen molar-refractivity contribution in [3.63, 3.8) is 0 Å². The van der Waals surface area contributed by atoms with Gasteiger partial charge in [-0.15, -0.1) is 21.5 Å². The molecule has 0 radical (unpaired) electrons. The number of esters is 1. The van der Waals surface area contributed by atoms with Crippen molar-refractivity contribution < 1.29 is 9.53 Å². The number of carbonyl (C=O) groups excluding carboxylic acids is 1. The monoisotopic (exact) mass is 251 g/mol. The third-order valence-corrected chi connectivity index (χ3v) is 3.15. The summed E-state index contributed by atoms with van der Waals surface area (Å²) >= 11 is 1.64. The van der Waals surface area contributed by atoms with Gasteiger partial charge in [-0.1, -0.05) is 6.07 Å². The standard InChI is InChI=1S/C11H13N3O2S/c1-3-16-11(15)10-13-12-8(2)14(10)7-9-5-4-6-17-9/h4-6H,3,7H2,1-2H3. The van der Waals surface area contributed by atoms with Crippen LogP contribution < -0.4 is 0 Å². The van der Waals surface area contributed by atoms with Crippen molar-refractivity contribution in [2.24, 2.45) is 0 Å². The fourth-order valence-corrected chi connectivity index (χ4v) is 2.17. The molecule has 17 heavy (non-hydrogen) atoms. The Bertz CT molecular complexity index is 505. The van der Waals surface area contributed by atoms with Gasteiger partial charge in [0.15, 0.2) is 0 Å². The molecule has 5 nitrogen and oxygen atoms in total. The maximum atomic E-state index is 11.7. The molecule has 2 aromatic rings. The van der Waals surface area contributed by atoms with Gasteiger partial charge in [0.1, 0.15) is 5.82 Å². The summed E-state index contributed by atoms with van der Waals surface area (Å²) in [5.41, 5.74) is 0. The summed E-state index contributed by atoms with van der Waals surface area (Å²) in [6, 6.07) is 3.99. The Balaban J connectivity index is 2.26. The quantitative estimate of drug-likeness (QED) is 0.778. The second-order valence-electron chi connectivity index (χ2n) is 3.46. The molecular formula is C11H13N3O2S. The number of ether oxygens (including phenoxy) is 1. The normalized spacial score (nSPS) is 10.5. The van der Waals surface area contributed by atoms with Crippen molar-refractivity contribution in [1.29, 1.82) is 0 Å². The Morgan fingerprint density at radius 2 is 2.35 bits per heavy atom. The van der Waals surface area contributed by atoms with Gasteiger partial charge in [0.2, 0.25) is 5.82 Å². The molecule has 0 aliphatic heterocycles. The number of hydrogen-bond donors (Lipinski definition) is 0. The van der Waals surface area contributed by atoms with E-state index in [1.165, 1.54) is 0 Å². The maximum Gasteiger partial charge on any atom is 0.376 e. The molecule has 0 aromatic carbocycles. The lowest BCUT2D eigenvalue weighted by atomic mass is 10.4. The van der Waals surface area contributed by atoms with Gasteiger partial charge >= 0.3 is 5.97 Å². The molecule has 0 saturated carbocycles. The molecule has 0 fully saturated rings. The van der Waals surface area contributed by atoms with Crippen LogP contribution in [0.4, 0.5) is 0 Å². The molecule has 0 saturated heterocycles. The summed E-state index contributed by atoms with van der Waals surface area (Å²) in [6.07, 6.45) is 0. The van der Waals surface area contributed by atoms with Crippen molar-refractivity contribution in [3.05, 3.63) is 34.0 Å². The van der Waals surface area contributed by atoms with Crippen LogP contribution in [0.15, 0.2) is 17.5 Å². The Kier molecular flexibility index (Phi) is 3.53. The molecule has 2 aromatic heterocycles. The van der Waals surface area contributed by atoms with Crippen LogP contribution in [0.1, 0.15) is 28.2 Å². The van der Waals surface area contributed by atoms with E-state index in [2.05, 4.69) is 10.2 Å². The zero-order valence-corrected chi connectivity index (χ0v) is 10.5. The summed E-state index contributed by atoms with van der Waals surface area (Å²) < 4.78 is 6.71. The molecule has 0 aliphatic rings. The number of hydrogen-bond acceptors (Lipinski definition) is 5. The maximum absolute atomic E-state index is 11.7. The van der Waals surface area contributed by atoms with Crippen LogP contribution in [0, 0.1) is 6.92 Å². The lowest BCUT2D eigenvalue weighted by molar-refractivity contribution is 0.0506.